The van der Waals surface area contributed by atoms with Crippen molar-refractivity contribution in [2.24, 2.45) is 0 Å². The lowest BCUT2D eigenvalue weighted by Crippen LogP contribution is -2.39. The summed E-state index contributed by atoms with van der Waals surface area (Å²) in [5.41, 5.74) is -0.489. The van der Waals surface area contributed by atoms with Gasteiger partial charge in [0.25, 0.3) is 0 Å². The van der Waals surface area contributed by atoms with Gasteiger partial charge >= 0.3 is 6.09 Å². The van der Waals surface area contributed by atoms with Crippen molar-refractivity contribution in [1.29, 1.82) is 0 Å². The molecule has 14 heavy (non-hydrogen) atoms. The Morgan fingerprint density at radius 1 is 1.57 bits per heavy atom. The number of hydrogen-bond donors (Lipinski definition) is 0. The molecule has 0 unspecified atom stereocenters. The third kappa shape index (κ3) is 3.36. The molecule has 0 saturated heterocycles. The SMILES string of the molecule is CC(C)(C)OC(=O)N1CC=C(F)CC1. The summed E-state index contributed by atoms with van der Waals surface area (Å²) in [5.74, 6) is -0.148. The average Bonchev–Trinajstić information content (AvgIpc) is 2.02. The van der Waals surface area contributed by atoms with Crippen LogP contribution < -0.4 is 0 Å². The first-order valence-corrected chi connectivity index (χ1v) is 4.71. The Morgan fingerprint density at radius 2 is 2.21 bits per heavy atom. The summed E-state index contributed by atoms with van der Waals surface area (Å²) < 4.78 is 17.8. The van der Waals surface area contributed by atoms with Crippen molar-refractivity contribution in [3.63, 3.8) is 0 Å². The molecule has 1 amide bonds. The standard InChI is InChI=1S/C10H16FNO2/c1-10(2,3)14-9(13)12-6-4-8(11)5-7-12/h4H,5-7H2,1-3H3. The Labute approximate surface area is 83.5 Å². The van der Waals surface area contributed by atoms with E-state index in [1.54, 1.807) is 0 Å². The Kier molecular flexibility index (Phi) is 3.13. The molecular weight excluding hydrogens is 185 g/mol. The van der Waals surface area contributed by atoms with Crippen LogP contribution in [-0.4, -0.2) is 29.7 Å². The summed E-state index contributed by atoms with van der Waals surface area (Å²) in [6.45, 7) is 6.14. The molecule has 0 aromatic rings. The van der Waals surface area contributed by atoms with E-state index in [0.717, 1.165) is 0 Å². The Balaban J connectivity index is 2.47. The summed E-state index contributed by atoms with van der Waals surface area (Å²) in [6.07, 6.45) is 1.33. The van der Waals surface area contributed by atoms with Crippen LogP contribution in [-0.2, 0) is 4.74 Å². The van der Waals surface area contributed by atoms with Gasteiger partial charge in [-0.3, -0.25) is 0 Å². The minimum Gasteiger partial charge on any atom is -0.444 e. The first kappa shape index (κ1) is 11.0. The number of nitrogens with zero attached hydrogens (tertiary/aromatic N) is 1. The van der Waals surface area contributed by atoms with Crippen molar-refractivity contribution < 1.29 is 13.9 Å². The summed E-state index contributed by atoms with van der Waals surface area (Å²) in [7, 11) is 0. The molecule has 3 nitrogen and oxygen atoms in total. The van der Waals surface area contributed by atoms with Gasteiger partial charge in [0.2, 0.25) is 0 Å². The molecule has 0 spiro atoms. The minimum atomic E-state index is -0.489. The van der Waals surface area contributed by atoms with Crippen LogP contribution >= 0.6 is 0 Å². The van der Waals surface area contributed by atoms with Gasteiger partial charge in [-0.05, 0) is 26.8 Å². The predicted octanol–water partition coefficient (Wildman–Crippen LogP) is 2.48. The highest BCUT2D eigenvalue weighted by Gasteiger charge is 2.23. The van der Waals surface area contributed by atoms with Gasteiger partial charge < -0.3 is 9.64 Å². The molecule has 1 heterocycles. The van der Waals surface area contributed by atoms with Crippen LogP contribution in [0.15, 0.2) is 11.9 Å². The molecule has 0 aliphatic carbocycles. The second kappa shape index (κ2) is 3.98. The predicted molar refractivity (Wildman–Crippen MR) is 51.6 cm³/mol. The largest absolute Gasteiger partial charge is 0.444 e. The van der Waals surface area contributed by atoms with Crippen LogP contribution in [0.4, 0.5) is 9.18 Å². The first-order chi connectivity index (χ1) is 6.38. The Hall–Kier alpha value is -1.06. The molecule has 0 aromatic heterocycles. The molecule has 1 aliphatic rings. The van der Waals surface area contributed by atoms with Gasteiger partial charge in [0.15, 0.2) is 0 Å². The van der Waals surface area contributed by atoms with E-state index in [2.05, 4.69) is 0 Å². The Morgan fingerprint density at radius 3 is 2.64 bits per heavy atom. The number of amides is 1. The molecule has 0 N–H and O–H groups in total. The van der Waals surface area contributed by atoms with E-state index in [4.69, 9.17) is 4.74 Å². The van der Waals surface area contributed by atoms with E-state index >= 15 is 0 Å². The molecule has 0 aromatic carbocycles. The van der Waals surface area contributed by atoms with Crippen molar-refractivity contribution in [2.45, 2.75) is 32.8 Å². The monoisotopic (exact) mass is 201 g/mol. The first-order valence-electron chi connectivity index (χ1n) is 4.71. The van der Waals surface area contributed by atoms with Gasteiger partial charge in [0, 0.05) is 19.5 Å². The van der Waals surface area contributed by atoms with Crippen molar-refractivity contribution in [3.05, 3.63) is 11.9 Å². The molecule has 0 fully saturated rings. The van der Waals surface area contributed by atoms with E-state index in [9.17, 15) is 9.18 Å². The number of carbonyl (C=O) groups is 1. The fourth-order valence-electron chi connectivity index (χ4n) is 1.14. The lowest BCUT2D eigenvalue weighted by atomic mass is 10.2. The topological polar surface area (TPSA) is 29.5 Å². The normalized spacial score (nSPS) is 17.7. The molecule has 0 radical (unpaired) electrons. The number of rotatable bonds is 0. The Bertz CT molecular complexity index is 255. The lowest BCUT2D eigenvalue weighted by molar-refractivity contribution is 0.0262. The highest BCUT2D eigenvalue weighted by molar-refractivity contribution is 5.68. The van der Waals surface area contributed by atoms with E-state index in [1.807, 2.05) is 20.8 Å². The van der Waals surface area contributed by atoms with Crippen molar-refractivity contribution in [2.75, 3.05) is 13.1 Å². The molecule has 0 atom stereocenters. The second-order valence-corrected chi connectivity index (χ2v) is 4.33. The van der Waals surface area contributed by atoms with E-state index in [-0.39, 0.29) is 11.9 Å². The van der Waals surface area contributed by atoms with E-state index in [1.165, 1.54) is 11.0 Å². The van der Waals surface area contributed by atoms with E-state index < -0.39 is 5.60 Å². The number of halogens is 1. The molecule has 1 aliphatic heterocycles. The summed E-state index contributed by atoms with van der Waals surface area (Å²) in [4.78, 5) is 13.0. The molecule has 0 saturated carbocycles. The highest BCUT2D eigenvalue weighted by atomic mass is 19.1. The quantitative estimate of drug-likeness (QED) is 0.602. The fourth-order valence-corrected chi connectivity index (χ4v) is 1.14. The zero-order valence-electron chi connectivity index (χ0n) is 8.84. The minimum absolute atomic E-state index is 0.148. The lowest BCUT2D eigenvalue weighted by Gasteiger charge is -2.28. The zero-order valence-corrected chi connectivity index (χ0v) is 8.84. The molecule has 80 valence electrons. The molecular formula is C10H16FNO2. The van der Waals surface area contributed by atoms with Crippen LogP contribution in [0, 0.1) is 0 Å². The van der Waals surface area contributed by atoms with Gasteiger partial charge in [-0.1, -0.05) is 0 Å². The fraction of sp³-hybridized carbons (Fsp3) is 0.700. The summed E-state index contributed by atoms with van der Waals surface area (Å²) >= 11 is 0. The number of ether oxygens (including phenoxy) is 1. The maximum absolute atomic E-state index is 12.6. The van der Waals surface area contributed by atoms with Gasteiger partial charge in [-0.25, -0.2) is 9.18 Å². The van der Waals surface area contributed by atoms with Gasteiger partial charge in [0.1, 0.15) is 5.60 Å². The number of hydrogen-bond acceptors (Lipinski definition) is 2. The molecule has 4 heteroatoms. The van der Waals surface area contributed by atoms with Crippen LogP contribution in [0.1, 0.15) is 27.2 Å². The van der Waals surface area contributed by atoms with Gasteiger partial charge in [0.05, 0.1) is 5.83 Å². The number of carbonyl (C=O) groups excluding carboxylic acids is 1. The third-order valence-corrected chi connectivity index (χ3v) is 1.81. The van der Waals surface area contributed by atoms with Crippen molar-refractivity contribution >= 4 is 6.09 Å². The van der Waals surface area contributed by atoms with Crippen molar-refractivity contribution in [1.82, 2.24) is 4.90 Å². The summed E-state index contributed by atoms with van der Waals surface area (Å²) in [5, 5.41) is 0. The highest BCUT2D eigenvalue weighted by Crippen LogP contribution is 2.15. The van der Waals surface area contributed by atoms with Crippen LogP contribution in [0.3, 0.4) is 0 Å². The maximum Gasteiger partial charge on any atom is 0.410 e. The third-order valence-electron chi connectivity index (χ3n) is 1.81. The molecule has 1 rings (SSSR count). The average molecular weight is 201 g/mol. The summed E-state index contributed by atoms with van der Waals surface area (Å²) in [6, 6.07) is 0. The second-order valence-electron chi connectivity index (χ2n) is 4.33. The van der Waals surface area contributed by atoms with Gasteiger partial charge in [-0.2, -0.15) is 0 Å². The zero-order chi connectivity index (χ0) is 10.8. The van der Waals surface area contributed by atoms with Crippen molar-refractivity contribution in [3.8, 4) is 0 Å². The van der Waals surface area contributed by atoms with Crippen LogP contribution in [0.25, 0.3) is 0 Å². The molecule has 0 bridgehead atoms. The van der Waals surface area contributed by atoms with E-state index in [0.29, 0.717) is 19.5 Å². The van der Waals surface area contributed by atoms with Gasteiger partial charge in [-0.15, -0.1) is 0 Å². The van der Waals surface area contributed by atoms with Crippen LogP contribution in [0.5, 0.6) is 0 Å². The smallest absolute Gasteiger partial charge is 0.410 e. The van der Waals surface area contributed by atoms with Crippen LogP contribution in [0.2, 0.25) is 0 Å². The maximum atomic E-state index is 12.6.